The summed E-state index contributed by atoms with van der Waals surface area (Å²) >= 11 is 0. The van der Waals surface area contributed by atoms with Crippen molar-refractivity contribution >= 4 is 16.6 Å². The van der Waals surface area contributed by atoms with Crippen molar-refractivity contribution in [3.8, 4) is 11.3 Å². The van der Waals surface area contributed by atoms with Crippen LogP contribution in [0.2, 0.25) is 0 Å². The van der Waals surface area contributed by atoms with Gasteiger partial charge in [0.1, 0.15) is 11.6 Å². The summed E-state index contributed by atoms with van der Waals surface area (Å²) in [5.74, 6) is -0.659. The van der Waals surface area contributed by atoms with E-state index in [9.17, 15) is 8.78 Å². The van der Waals surface area contributed by atoms with Crippen molar-refractivity contribution in [1.29, 1.82) is 0 Å². The van der Waals surface area contributed by atoms with E-state index < -0.39 is 0 Å². The van der Waals surface area contributed by atoms with Crippen LogP contribution in [0.3, 0.4) is 0 Å². The number of nitrogen functional groups attached to an aromatic ring is 1. The molecule has 0 spiro atoms. The van der Waals surface area contributed by atoms with Crippen LogP contribution < -0.4 is 5.73 Å². The normalized spacial score (nSPS) is 11.0. The van der Waals surface area contributed by atoms with Crippen LogP contribution in [-0.2, 0) is 0 Å². The third-order valence-electron chi connectivity index (χ3n) is 2.93. The van der Waals surface area contributed by atoms with Crippen LogP contribution in [0, 0.1) is 11.6 Å². The van der Waals surface area contributed by atoms with E-state index in [2.05, 4.69) is 4.98 Å². The highest BCUT2D eigenvalue weighted by atomic mass is 19.1. The van der Waals surface area contributed by atoms with Gasteiger partial charge in [-0.05, 0) is 48.0 Å². The van der Waals surface area contributed by atoms with Crippen molar-refractivity contribution < 1.29 is 8.78 Å². The fourth-order valence-corrected chi connectivity index (χ4v) is 1.99. The predicted molar refractivity (Wildman–Crippen MR) is 68.1 cm³/mol. The van der Waals surface area contributed by atoms with E-state index in [-0.39, 0.29) is 11.6 Å². The molecule has 1 aromatic heterocycles. The van der Waals surface area contributed by atoms with E-state index in [0.29, 0.717) is 22.3 Å². The van der Waals surface area contributed by atoms with Gasteiger partial charge in [0.2, 0.25) is 0 Å². The topological polar surface area (TPSA) is 41.8 Å². The molecule has 0 atom stereocenters. The summed E-state index contributed by atoms with van der Waals surface area (Å²) in [7, 11) is 0. The number of aromatic nitrogens is 1. The fraction of sp³-hybridized carbons (Fsp3) is 0. The second-order valence-corrected chi connectivity index (χ2v) is 4.12. The minimum Gasteiger partial charge on any atom is -0.398 e. The lowest BCUT2D eigenvalue weighted by Crippen LogP contribution is -1.86. The van der Waals surface area contributed by atoms with Gasteiger partial charge in [0, 0.05) is 16.8 Å². The molecule has 3 rings (SSSR count). The zero-order valence-electron chi connectivity index (χ0n) is 9.37. The summed E-state index contributed by atoms with van der Waals surface area (Å²) < 4.78 is 26.5. The Morgan fingerprint density at radius 1 is 0.944 bits per heavy atom. The Balaban J connectivity index is 2.22. The van der Waals surface area contributed by atoms with E-state index in [1.54, 1.807) is 18.2 Å². The van der Waals surface area contributed by atoms with Gasteiger partial charge in [-0.1, -0.05) is 0 Å². The summed E-state index contributed by atoms with van der Waals surface area (Å²) in [6.07, 6.45) is 0. The molecule has 0 bridgehead atoms. The number of rotatable bonds is 1. The molecule has 0 aliphatic heterocycles. The van der Waals surface area contributed by atoms with Crippen molar-refractivity contribution in [2.75, 3.05) is 5.73 Å². The molecule has 0 amide bonds. The number of H-pyrrole nitrogens is 1. The highest BCUT2D eigenvalue weighted by Gasteiger charge is 2.09. The van der Waals surface area contributed by atoms with Gasteiger partial charge in [-0.15, -0.1) is 0 Å². The summed E-state index contributed by atoms with van der Waals surface area (Å²) in [6, 6.07) is 10.6. The second-order valence-electron chi connectivity index (χ2n) is 4.12. The molecule has 0 aliphatic rings. The van der Waals surface area contributed by atoms with Gasteiger partial charge in [-0.25, -0.2) is 8.78 Å². The Bertz CT molecular complexity index is 675. The largest absolute Gasteiger partial charge is 0.398 e. The van der Waals surface area contributed by atoms with E-state index >= 15 is 0 Å². The van der Waals surface area contributed by atoms with Gasteiger partial charge in [0.25, 0.3) is 0 Å². The number of hydrogen-bond acceptors (Lipinski definition) is 1. The molecule has 2 nitrogen and oxygen atoms in total. The average Bonchev–Trinajstić information content (AvgIpc) is 2.81. The molecule has 18 heavy (non-hydrogen) atoms. The number of benzene rings is 2. The Morgan fingerprint density at radius 3 is 2.33 bits per heavy atom. The van der Waals surface area contributed by atoms with Crippen LogP contribution >= 0.6 is 0 Å². The summed E-state index contributed by atoms with van der Waals surface area (Å²) in [4.78, 5) is 2.96. The molecule has 0 aliphatic carbocycles. The molecule has 2 aromatic carbocycles. The number of halogens is 2. The van der Waals surface area contributed by atoms with Crippen molar-refractivity contribution in [2.24, 2.45) is 0 Å². The van der Waals surface area contributed by atoms with E-state index in [1.165, 1.54) is 24.3 Å². The van der Waals surface area contributed by atoms with Gasteiger partial charge in [0.15, 0.2) is 0 Å². The van der Waals surface area contributed by atoms with Crippen molar-refractivity contribution in [3.05, 3.63) is 54.1 Å². The standard InChI is InChI=1S/C14H10F2N2/c15-9-3-1-8(2-4-9)13-7-10-12(17)6-5-11(16)14(10)18-13/h1-7,18H,17H2. The molecule has 90 valence electrons. The minimum absolute atomic E-state index is 0.305. The Hall–Kier alpha value is -2.36. The maximum absolute atomic E-state index is 13.6. The van der Waals surface area contributed by atoms with Gasteiger partial charge >= 0.3 is 0 Å². The van der Waals surface area contributed by atoms with Crippen molar-refractivity contribution in [3.63, 3.8) is 0 Å². The Morgan fingerprint density at radius 2 is 1.67 bits per heavy atom. The lowest BCUT2D eigenvalue weighted by molar-refractivity contribution is 0.628. The van der Waals surface area contributed by atoms with Crippen molar-refractivity contribution in [2.45, 2.75) is 0 Å². The monoisotopic (exact) mass is 244 g/mol. The second kappa shape index (κ2) is 3.84. The number of fused-ring (bicyclic) bond motifs is 1. The quantitative estimate of drug-likeness (QED) is 0.630. The van der Waals surface area contributed by atoms with Crippen molar-refractivity contribution in [1.82, 2.24) is 4.98 Å². The lowest BCUT2D eigenvalue weighted by atomic mass is 10.1. The molecular formula is C14H10F2N2. The van der Waals surface area contributed by atoms with E-state index in [1.807, 2.05) is 0 Å². The maximum Gasteiger partial charge on any atom is 0.147 e. The first kappa shape index (κ1) is 10.8. The molecule has 1 heterocycles. The number of anilines is 1. The molecule has 3 aromatic rings. The summed E-state index contributed by atoms with van der Waals surface area (Å²) in [5.41, 5.74) is 8.17. The highest BCUT2D eigenvalue weighted by molar-refractivity contribution is 5.95. The molecule has 3 N–H and O–H groups in total. The fourth-order valence-electron chi connectivity index (χ4n) is 1.99. The van der Waals surface area contributed by atoms with Crippen LogP contribution in [-0.4, -0.2) is 4.98 Å². The molecule has 0 fully saturated rings. The first-order valence-electron chi connectivity index (χ1n) is 5.48. The zero-order chi connectivity index (χ0) is 12.7. The van der Waals surface area contributed by atoms with Crippen LogP contribution in [0.15, 0.2) is 42.5 Å². The third kappa shape index (κ3) is 1.62. The number of nitrogens with two attached hydrogens (primary N) is 1. The number of hydrogen-bond donors (Lipinski definition) is 2. The van der Waals surface area contributed by atoms with Crippen LogP contribution in [0.4, 0.5) is 14.5 Å². The predicted octanol–water partition coefficient (Wildman–Crippen LogP) is 3.70. The Kier molecular flexibility index (Phi) is 2.30. The SMILES string of the molecule is Nc1ccc(F)c2[nH]c(-c3ccc(F)cc3)cc12. The zero-order valence-corrected chi connectivity index (χ0v) is 9.37. The van der Waals surface area contributed by atoms with Gasteiger partial charge in [-0.3, -0.25) is 0 Å². The molecular weight excluding hydrogens is 234 g/mol. The first-order valence-corrected chi connectivity index (χ1v) is 5.48. The van der Waals surface area contributed by atoms with Gasteiger partial charge in [-0.2, -0.15) is 0 Å². The molecule has 0 unspecified atom stereocenters. The maximum atomic E-state index is 13.6. The highest BCUT2D eigenvalue weighted by Crippen LogP contribution is 2.29. The van der Waals surface area contributed by atoms with Crippen LogP contribution in [0.25, 0.3) is 22.2 Å². The number of nitrogens with one attached hydrogen (secondary N) is 1. The molecule has 0 radical (unpaired) electrons. The van der Waals surface area contributed by atoms with E-state index in [4.69, 9.17) is 5.73 Å². The van der Waals surface area contributed by atoms with Gasteiger partial charge in [0.05, 0.1) is 5.52 Å². The van der Waals surface area contributed by atoms with E-state index in [0.717, 1.165) is 5.56 Å². The lowest BCUT2D eigenvalue weighted by Gasteiger charge is -1.96. The molecule has 4 heteroatoms. The third-order valence-corrected chi connectivity index (χ3v) is 2.93. The minimum atomic E-state index is -0.354. The molecule has 0 saturated carbocycles. The van der Waals surface area contributed by atoms with Gasteiger partial charge < -0.3 is 10.7 Å². The smallest absolute Gasteiger partial charge is 0.147 e. The first-order chi connectivity index (χ1) is 8.65. The van der Waals surface area contributed by atoms with Crippen LogP contribution in [0.1, 0.15) is 0 Å². The van der Waals surface area contributed by atoms with Crippen LogP contribution in [0.5, 0.6) is 0 Å². The summed E-state index contributed by atoms with van der Waals surface area (Å²) in [6.45, 7) is 0. The molecule has 0 saturated heterocycles. The average molecular weight is 244 g/mol. The summed E-state index contributed by atoms with van der Waals surface area (Å²) in [5, 5.41) is 0.634. The Labute approximate surface area is 102 Å². The number of aromatic amines is 1.